The van der Waals surface area contributed by atoms with Gasteiger partial charge in [0, 0.05) is 0 Å². The molecule has 0 aromatic carbocycles. The van der Waals surface area contributed by atoms with Gasteiger partial charge in [-0.15, -0.1) is 0 Å². The van der Waals surface area contributed by atoms with E-state index in [1.54, 1.807) is 0 Å². The van der Waals surface area contributed by atoms with E-state index >= 15 is 0 Å². The lowest BCUT2D eigenvalue weighted by Crippen LogP contribution is -2.65. The van der Waals surface area contributed by atoms with E-state index in [1.165, 1.54) is 0 Å². The number of ether oxygens (including phenoxy) is 4. The molecule has 14 atom stereocenters. The first-order valence-corrected chi connectivity index (χ1v) is 10.4. The Hall–Kier alpha value is -0.930. The Bertz CT molecular complexity index is 623. The first-order valence-electron chi connectivity index (χ1n) is 10.4. The zero-order valence-electron chi connectivity index (χ0n) is 17.7. The normalized spacial score (nSPS) is 42.6. The van der Waals surface area contributed by atoms with Crippen LogP contribution < -0.4 is 0 Å². The van der Waals surface area contributed by atoms with E-state index in [9.17, 15) is 61.0 Å². The maximum absolute atomic E-state index is 10.8. The lowest BCUT2D eigenvalue weighted by Gasteiger charge is -2.46. The van der Waals surface area contributed by atoms with E-state index in [1.807, 2.05) is 0 Å². The minimum absolute atomic E-state index is 0.0748. The van der Waals surface area contributed by atoms with Gasteiger partial charge in [0.05, 0.1) is 19.8 Å². The molecule has 2 fully saturated rings. The Kier molecular flexibility index (Phi) is 11.1. The predicted octanol–water partition coefficient (Wildman–Crippen LogP) is -7.73. The maximum atomic E-state index is 10.8. The Morgan fingerprint density at radius 3 is 1.85 bits per heavy atom. The van der Waals surface area contributed by atoms with Gasteiger partial charge in [-0.1, -0.05) is 0 Å². The number of aliphatic hydroxyl groups is 11. The Morgan fingerprint density at radius 1 is 0.765 bits per heavy atom. The second-order valence-corrected chi connectivity index (χ2v) is 7.97. The molecule has 0 unspecified atom stereocenters. The summed E-state index contributed by atoms with van der Waals surface area (Å²) >= 11 is 0. The maximum Gasteiger partial charge on any atom is 0.187 e. The fourth-order valence-corrected chi connectivity index (χ4v) is 3.59. The smallest absolute Gasteiger partial charge is 0.187 e. The molecule has 2 aliphatic rings. The fraction of sp³-hybridized carbons (Fsp3) is 0.944. The summed E-state index contributed by atoms with van der Waals surface area (Å²) in [5, 5.41) is 109. The van der Waals surface area contributed by atoms with Crippen LogP contribution in [-0.4, -0.2) is 168 Å². The molecule has 200 valence electrons. The highest BCUT2D eigenvalue weighted by Gasteiger charge is 2.52. The minimum atomic E-state index is -2.10. The average Bonchev–Trinajstić information content (AvgIpc) is 2.84. The summed E-state index contributed by atoms with van der Waals surface area (Å²) < 4.78 is 21.0. The van der Waals surface area contributed by atoms with Crippen LogP contribution in [0.3, 0.4) is 0 Å². The molecule has 0 radical (unpaired) electrons. The molecule has 34 heavy (non-hydrogen) atoms. The molecule has 2 rings (SSSR count). The van der Waals surface area contributed by atoms with Gasteiger partial charge in [0.1, 0.15) is 73.2 Å². The van der Waals surface area contributed by atoms with Crippen LogP contribution >= 0.6 is 0 Å². The summed E-state index contributed by atoms with van der Waals surface area (Å²) in [6, 6.07) is 0. The van der Waals surface area contributed by atoms with Crippen LogP contribution in [-0.2, 0) is 23.7 Å². The lowest BCUT2D eigenvalue weighted by molar-refractivity contribution is -0.368. The molecule has 0 aliphatic carbocycles. The molecular weight excluding hydrogens is 472 g/mol. The van der Waals surface area contributed by atoms with Crippen LogP contribution in [0.1, 0.15) is 0 Å². The van der Waals surface area contributed by atoms with Gasteiger partial charge in [-0.25, -0.2) is 0 Å². The second-order valence-electron chi connectivity index (χ2n) is 7.97. The van der Waals surface area contributed by atoms with Crippen molar-refractivity contribution < 1.29 is 79.9 Å². The van der Waals surface area contributed by atoms with E-state index in [-0.39, 0.29) is 6.29 Å². The molecular formula is C18H32O16. The summed E-state index contributed by atoms with van der Waals surface area (Å²) in [6.45, 7) is -2.66. The van der Waals surface area contributed by atoms with E-state index in [0.717, 1.165) is 0 Å². The number of carbonyl (C=O) groups is 1. The monoisotopic (exact) mass is 504 g/mol. The van der Waals surface area contributed by atoms with Crippen molar-refractivity contribution in [2.24, 2.45) is 0 Å². The Morgan fingerprint density at radius 2 is 1.32 bits per heavy atom. The molecule has 0 aromatic rings. The van der Waals surface area contributed by atoms with Crippen molar-refractivity contribution in [3.8, 4) is 0 Å². The van der Waals surface area contributed by atoms with Crippen LogP contribution in [0.15, 0.2) is 0 Å². The fourth-order valence-electron chi connectivity index (χ4n) is 3.59. The lowest BCUT2D eigenvalue weighted by atomic mass is 9.96. The van der Waals surface area contributed by atoms with Gasteiger partial charge in [0.15, 0.2) is 18.9 Å². The summed E-state index contributed by atoms with van der Waals surface area (Å²) in [7, 11) is 0. The van der Waals surface area contributed by atoms with Crippen molar-refractivity contribution in [2.75, 3.05) is 19.8 Å². The molecule has 11 N–H and O–H groups in total. The van der Waals surface area contributed by atoms with Crippen molar-refractivity contribution in [1.82, 2.24) is 0 Å². The number of aldehydes is 1. The van der Waals surface area contributed by atoms with Crippen LogP contribution in [0.2, 0.25) is 0 Å². The summed E-state index contributed by atoms with van der Waals surface area (Å²) in [6.07, 6.45) is -25.6. The summed E-state index contributed by atoms with van der Waals surface area (Å²) in [4.78, 5) is 10.8. The standard InChI is InChI=1S/C18H32O16/c19-1-5(23)9(25)15(6(24)2-20)33-18-14(30)16(11(27)8(4-22)32-18)34-17-13(29)12(28)10(26)7(3-21)31-17/h1,5-18,20-30H,2-4H2/t5-,6+,7+,8+,9+,10-,11+,12-,13+,14+,15+,16+,17-,18-/m0/s1. The summed E-state index contributed by atoms with van der Waals surface area (Å²) in [5.74, 6) is 0. The molecule has 0 aromatic heterocycles. The van der Waals surface area contributed by atoms with Gasteiger partial charge in [0.2, 0.25) is 0 Å². The van der Waals surface area contributed by atoms with Gasteiger partial charge in [-0.3, -0.25) is 0 Å². The van der Waals surface area contributed by atoms with Crippen molar-refractivity contribution in [2.45, 2.75) is 85.8 Å². The van der Waals surface area contributed by atoms with Crippen molar-refractivity contribution >= 4 is 6.29 Å². The Labute approximate surface area is 192 Å². The number of hydrogen-bond acceptors (Lipinski definition) is 16. The van der Waals surface area contributed by atoms with E-state index < -0.39 is 106 Å². The predicted molar refractivity (Wildman–Crippen MR) is 102 cm³/mol. The molecule has 16 heteroatoms. The number of aliphatic hydroxyl groups excluding tert-OH is 11. The SMILES string of the molecule is O=C[C@H](O)[C@@H](O)[C@H](O[C@@H]1O[C@H](CO)[C@@H](O)[C@@H](O[C@@H]2O[C@H](CO)[C@H](O)[C@H](O)[C@H]2O)[C@H]1O)[C@H](O)CO. The molecule has 0 saturated carbocycles. The molecule has 2 aliphatic heterocycles. The molecule has 0 amide bonds. The molecule has 2 heterocycles. The number of hydrogen-bond donors (Lipinski definition) is 11. The van der Waals surface area contributed by atoms with E-state index in [0.29, 0.717) is 0 Å². The highest BCUT2D eigenvalue weighted by Crippen LogP contribution is 2.30. The molecule has 2 saturated heterocycles. The zero-order valence-corrected chi connectivity index (χ0v) is 17.7. The van der Waals surface area contributed by atoms with Gasteiger partial charge in [-0.05, 0) is 0 Å². The highest BCUT2D eigenvalue weighted by molar-refractivity contribution is 5.56. The van der Waals surface area contributed by atoms with Crippen LogP contribution in [0.4, 0.5) is 0 Å². The van der Waals surface area contributed by atoms with E-state index in [4.69, 9.17) is 18.9 Å². The van der Waals surface area contributed by atoms with E-state index in [2.05, 4.69) is 0 Å². The molecule has 0 spiro atoms. The average molecular weight is 504 g/mol. The number of carbonyl (C=O) groups excluding carboxylic acids is 1. The summed E-state index contributed by atoms with van der Waals surface area (Å²) in [5.41, 5.74) is 0. The van der Waals surface area contributed by atoms with Gasteiger partial charge in [-0.2, -0.15) is 0 Å². The minimum Gasteiger partial charge on any atom is -0.394 e. The third kappa shape index (κ3) is 6.25. The van der Waals surface area contributed by atoms with Gasteiger partial charge in [0.25, 0.3) is 0 Å². The van der Waals surface area contributed by atoms with Crippen LogP contribution in [0, 0.1) is 0 Å². The highest BCUT2D eigenvalue weighted by atomic mass is 16.7. The third-order valence-corrected chi connectivity index (χ3v) is 5.65. The largest absolute Gasteiger partial charge is 0.394 e. The van der Waals surface area contributed by atoms with Crippen molar-refractivity contribution in [3.05, 3.63) is 0 Å². The second kappa shape index (κ2) is 12.9. The van der Waals surface area contributed by atoms with Crippen LogP contribution in [0.25, 0.3) is 0 Å². The topological polar surface area (TPSA) is 277 Å². The zero-order chi connectivity index (χ0) is 25.7. The van der Waals surface area contributed by atoms with Crippen molar-refractivity contribution in [3.63, 3.8) is 0 Å². The van der Waals surface area contributed by atoms with Crippen LogP contribution in [0.5, 0.6) is 0 Å². The first kappa shape index (κ1) is 29.3. The Balaban J connectivity index is 2.25. The first-order chi connectivity index (χ1) is 16.0. The molecule has 0 bridgehead atoms. The number of rotatable bonds is 11. The molecule has 16 nitrogen and oxygen atoms in total. The van der Waals surface area contributed by atoms with Crippen molar-refractivity contribution in [1.29, 1.82) is 0 Å². The van der Waals surface area contributed by atoms with Gasteiger partial charge >= 0.3 is 0 Å². The quantitative estimate of drug-likeness (QED) is 0.117. The third-order valence-electron chi connectivity index (χ3n) is 5.65. The van der Waals surface area contributed by atoms with Gasteiger partial charge < -0.3 is 79.9 Å².